The number of hydrogen-bond donors (Lipinski definition) is 3. The Morgan fingerprint density at radius 3 is 1.85 bits per heavy atom. The van der Waals surface area contributed by atoms with Gasteiger partial charge in [0.1, 0.15) is 5.54 Å². The van der Waals surface area contributed by atoms with Crippen LogP contribution in [0, 0.1) is 5.92 Å². The summed E-state index contributed by atoms with van der Waals surface area (Å²) in [5.74, 6) is -0.648. The first-order valence-electron chi connectivity index (χ1n) is 14.0. The number of hydrogen-bond acceptors (Lipinski definition) is 2. The van der Waals surface area contributed by atoms with Gasteiger partial charge in [0.25, 0.3) is 0 Å². The van der Waals surface area contributed by atoms with Crippen LogP contribution in [-0.2, 0) is 24.1 Å². The SMILES string of the molecule is CC(Cc1c[nH]c2ccccc12)(NCC(Cc1cccc2ccccc12)Cc1cccc2ccccc12)C(=O)O. The summed E-state index contributed by atoms with van der Waals surface area (Å²) in [5, 5.41) is 20.0. The standard InChI is InChI=1S/C36H34N2O2/c1-36(35(39)40,22-30-24-37-34-19-7-6-18-33(30)34)38-23-25(20-28-14-8-12-26-10-2-4-16-31(26)28)21-29-15-9-13-27-11-3-5-17-32(27)29/h2-19,24-25,37-38H,20-23H2,1H3,(H,39,40). The van der Waals surface area contributed by atoms with Gasteiger partial charge >= 0.3 is 5.97 Å². The first-order chi connectivity index (χ1) is 19.5. The molecule has 0 saturated carbocycles. The lowest BCUT2D eigenvalue weighted by Gasteiger charge is -2.29. The van der Waals surface area contributed by atoms with E-state index in [1.54, 1.807) is 0 Å². The van der Waals surface area contributed by atoms with Crippen molar-refractivity contribution in [2.75, 3.05) is 6.54 Å². The fraction of sp³-hybridized carbons (Fsp3) is 0.194. The molecule has 1 unspecified atom stereocenters. The molecule has 1 atom stereocenters. The minimum atomic E-state index is -1.11. The van der Waals surface area contributed by atoms with Gasteiger partial charge in [-0.1, -0.05) is 103 Å². The molecule has 200 valence electrons. The second-order valence-corrected chi connectivity index (χ2v) is 11.1. The molecule has 5 aromatic carbocycles. The Kier molecular flexibility index (Phi) is 7.10. The van der Waals surface area contributed by atoms with Gasteiger partial charge in [-0.15, -0.1) is 0 Å². The molecular weight excluding hydrogens is 492 g/mol. The van der Waals surface area contributed by atoms with Crippen molar-refractivity contribution in [3.8, 4) is 0 Å². The Morgan fingerprint density at radius 2 is 1.25 bits per heavy atom. The third-order valence-electron chi connectivity index (χ3n) is 8.25. The number of benzene rings is 5. The Bertz CT molecular complexity index is 1710. The summed E-state index contributed by atoms with van der Waals surface area (Å²) in [6.45, 7) is 2.39. The van der Waals surface area contributed by atoms with E-state index in [9.17, 15) is 9.90 Å². The van der Waals surface area contributed by atoms with Gasteiger partial charge in [-0.2, -0.15) is 0 Å². The third-order valence-corrected chi connectivity index (χ3v) is 8.25. The minimum absolute atomic E-state index is 0.193. The summed E-state index contributed by atoms with van der Waals surface area (Å²) in [6.07, 6.45) is 4.03. The highest BCUT2D eigenvalue weighted by molar-refractivity contribution is 5.87. The van der Waals surface area contributed by atoms with Crippen molar-refractivity contribution < 1.29 is 9.90 Å². The molecule has 0 bridgehead atoms. The molecule has 4 nitrogen and oxygen atoms in total. The van der Waals surface area contributed by atoms with E-state index in [2.05, 4.69) is 95.2 Å². The molecule has 6 rings (SSSR count). The highest BCUT2D eigenvalue weighted by Crippen LogP contribution is 2.27. The highest BCUT2D eigenvalue weighted by atomic mass is 16.4. The molecule has 0 aliphatic heterocycles. The molecule has 1 aromatic heterocycles. The van der Waals surface area contributed by atoms with E-state index in [0.717, 1.165) is 29.3 Å². The van der Waals surface area contributed by atoms with Crippen molar-refractivity contribution in [1.29, 1.82) is 0 Å². The number of aliphatic carboxylic acids is 1. The van der Waals surface area contributed by atoms with Crippen LogP contribution in [0.3, 0.4) is 0 Å². The maximum absolute atomic E-state index is 12.7. The van der Waals surface area contributed by atoms with Crippen molar-refractivity contribution in [3.05, 3.63) is 132 Å². The van der Waals surface area contributed by atoms with Crippen molar-refractivity contribution in [1.82, 2.24) is 10.3 Å². The zero-order valence-corrected chi connectivity index (χ0v) is 22.7. The maximum Gasteiger partial charge on any atom is 0.323 e. The van der Waals surface area contributed by atoms with Crippen LogP contribution < -0.4 is 5.32 Å². The van der Waals surface area contributed by atoms with Crippen LogP contribution in [0.25, 0.3) is 32.4 Å². The normalized spacial score (nSPS) is 13.2. The second-order valence-electron chi connectivity index (χ2n) is 11.1. The van der Waals surface area contributed by atoms with Crippen molar-refractivity contribution in [2.24, 2.45) is 5.92 Å². The van der Waals surface area contributed by atoms with Crippen LogP contribution in [0.5, 0.6) is 0 Å². The van der Waals surface area contributed by atoms with E-state index in [0.29, 0.717) is 13.0 Å². The van der Waals surface area contributed by atoms with Gasteiger partial charge in [-0.25, -0.2) is 0 Å². The molecule has 4 heteroatoms. The first kappa shape index (κ1) is 25.8. The minimum Gasteiger partial charge on any atom is -0.480 e. The molecule has 0 radical (unpaired) electrons. The predicted octanol–water partition coefficient (Wildman–Crippen LogP) is 7.55. The molecule has 1 heterocycles. The Hall–Kier alpha value is -4.41. The van der Waals surface area contributed by atoms with Gasteiger partial charge in [0, 0.05) is 23.5 Å². The van der Waals surface area contributed by atoms with Crippen LogP contribution in [0.15, 0.2) is 115 Å². The number of carbonyl (C=O) groups is 1. The van der Waals surface area contributed by atoms with Crippen LogP contribution in [-0.4, -0.2) is 28.1 Å². The Balaban J connectivity index is 1.31. The summed E-state index contributed by atoms with van der Waals surface area (Å²) in [7, 11) is 0. The average molecular weight is 527 g/mol. The van der Waals surface area contributed by atoms with Crippen molar-refractivity contribution >= 4 is 38.4 Å². The molecule has 0 fully saturated rings. The number of aromatic amines is 1. The third kappa shape index (κ3) is 5.23. The number of fused-ring (bicyclic) bond motifs is 3. The van der Waals surface area contributed by atoms with E-state index in [1.807, 2.05) is 37.4 Å². The molecule has 3 N–H and O–H groups in total. The number of carboxylic acids is 1. The number of H-pyrrole nitrogens is 1. The summed E-state index contributed by atoms with van der Waals surface area (Å²) in [5.41, 5.74) is 3.50. The molecule has 6 aromatic rings. The molecule has 0 aliphatic rings. The smallest absolute Gasteiger partial charge is 0.323 e. The van der Waals surface area contributed by atoms with E-state index in [4.69, 9.17) is 0 Å². The lowest BCUT2D eigenvalue weighted by molar-refractivity contribution is -0.144. The van der Waals surface area contributed by atoms with Crippen LogP contribution >= 0.6 is 0 Å². The molecule has 0 saturated heterocycles. The summed E-state index contributed by atoms with van der Waals surface area (Å²) >= 11 is 0. The Labute approximate surface area is 234 Å². The fourth-order valence-corrected chi connectivity index (χ4v) is 6.02. The largest absolute Gasteiger partial charge is 0.480 e. The van der Waals surface area contributed by atoms with Gasteiger partial charge < -0.3 is 15.4 Å². The lowest BCUT2D eigenvalue weighted by Crippen LogP contribution is -2.53. The zero-order chi connectivity index (χ0) is 27.5. The number of para-hydroxylation sites is 1. The van der Waals surface area contributed by atoms with Gasteiger partial charge in [-0.3, -0.25) is 4.79 Å². The van der Waals surface area contributed by atoms with Crippen LogP contribution in [0.1, 0.15) is 23.6 Å². The first-order valence-corrected chi connectivity index (χ1v) is 14.0. The zero-order valence-electron chi connectivity index (χ0n) is 22.7. The molecule has 0 amide bonds. The van der Waals surface area contributed by atoms with E-state index >= 15 is 0 Å². The highest BCUT2D eigenvalue weighted by Gasteiger charge is 2.34. The summed E-state index contributed by atoms with van der Waals surface area (Å²) < 4.78 is 0. The van der Waals surface area contributed by atoms with Gasteiger partial charge in [-0.05, 0) is 76.5 Å². The molecule has 40 heavy (non-hydrogen) atoms. The van der Waals surface area contributed by atoms with Crippen molar-refractivity contribution in [2.45, 2.75) is 31.7 Å². The molecule has 0 spiro atoms. The Morgan fingerprint density at radius 1 is 0.725 bits per heavy atom. The average Bonchev–Trinajstić information content (AvgIpc) is 3.38. The molecule has 0 aliphatic carbocycles. The quantitative estimate of drug-likeness (QED) is 0.173. The van der Waals surface area contributed by atoms with Gasteiger partial charge in [0.15, 0.2) is 0 Å². The molecular formula is C36H34N2O2. The van der Waals surface area contributed by atoms with E-state index in [1.165, 1.54) is 32.7 Å². The fourth-order valence-electron chi connectivity index (χ4n) is 6.02. The van der Waals surface area contributed by atoms with Crippen LogP contribution in [0.2, 0.25) is 0 Å². The topological polar surface area (TPSA) is 65.1 Å². The van der Waals surface area contributed by atoms with Crippen molar-refractivity contribution in [3.63, 3.8) is 0 Å². The summed E-state index contributed by atoms with van der Waals surface area (Å²) in [4.78, 5) is 16.0. The number of aromatic nitrogens is 1. The van der Waals surface area contributed by atoms with Gasteiger partial charge in [0.2, 0.25) is 0 Å². The van der Waals surface area contributed by atoms with Gasteiger partial charge in [0.05, 0.1) is 0 Å². The summed E-state index contributed by atoms with van der Waals surface area (Å²) in [6, 6.07) is 38.0. The van der Waals surface area contributed by atoms with E-state index in [-0.39, 0.29) is 5.92 Å². The van der Waals surface area contributed by atoms with Crippen LogP contribution in [0.4, 0.5) is 0 Å². The predicted molar refractivity (Wildman–Crippen MR) is 165 cm³/mol. The second kappa shape index (κ2) is 11.0. The lowest BCUT2D eigenvalue weighted by atomic mass is 9.87. The number of rotatable bonds is 10. The van der Waals surface area contributed by atoms with E-state index < -0.39 is 11.5 Å². The maximum atomic E-state index is 12.7. The number of carboxylic acid groups (broad SMARTS) is 1. The number of nitrogens with one attached hydrogen (secondary N) is 2. The monoisotopic (exact) mass is 526 g/mol.